The summed E-state index contributed by atoms with van der Waals surface area (Å²) < 4.78 is 23.5. The van der Waals surface area contributed by atoms with Crippen molar-refractivity contribution in [2.45, 2.75) is 5.41 Å². The molecule has 0 saturated carbocycles. The normalized spacial score (nSPS) is 13.4. The van der Waals surface area contributed by atoms with Gasteiger partial charge in [0.15, 0.2) is 0 Å². The summed E-state index contributed by atoms with van der Waals surface area (Å²) in [6, 6.07) is 80.7. The lowest BCUT2D eigenvalue weighted by Crippen LogP contribution is -2.26. The molecule has 0 aliphatic heterocycles. The number of rotatable bonds is 4. The molecule has 0 amide bonds. The number of hydrogen-bond acceptors (Lipinski definition) is 2. The minimum Gasteiger partial charge on any atom is -0.456 e. The molecule has 0 unspecified atom stereocenters. The summed E-state index contributed by atoms with van der Waals surface area (Å²) in [7, 11) is 0. The molecule has 320 valence electrons. The number of nitrogens with zero attached hydrogens (tertiary/aromatic N) is 2. The van der Waals surface area contributed by atoms with E-state index in [1.165, 1.54) is 77.5 Å². The largest absolute Gasteiger partial charge is 0.456 e. The third-order valence-electron chi connectivity index (χ3n) is 15.6. The van der Waals surface area contributed by atoms with Crippen molar-refractivity contribution in [3.63, 3.8) is 0 Å². The SMILES string of the molecule is Fc1ccc(-n2c3cc(N(c4ccc5c(c4)-c4cccc6cccc-5c46)c4cccc5c4-c4ccccc4C54c5ccccc5-c5ccccc54)ccc3c3cc4oc5ccccc5c4cc32)cc1. The second-order valence-electron chi connectivity index (χ2n) is 18.8. The van der Waals surface area contributed by atoms with Crippen LogP contribution in [0.25, 0.3) is 105 Å². The van der Waals surface area contributed by atoms with Gasteiger partial charge in [0.25, 0.3) is 0 Å². The van der Waals surface area contributed by atoms with Gasteiger partial charge in [-0.1, -0.05) is 152 Å². The number of hydrogen-bond donors (Lipinski definition) is 0. The highest BCUT2D eigenvalue weighted by Gasteiger charge is 2.52. The van der Waals surface area contributed by atoms with Crippen molar-refractivity contribution in [3.8, 4) is 50.2 Å². The zero-order valence-corrected chi connectivity index (χ0v) is 37.0. The van der Waals surface area contributed by atoms with Crippen molar-refractivity contribution in [2.24, 2.45) is 0 Å². The Bertz CT molecular complexity index is 4350. The Labute approximate surface area is 396 Å². The van der Waals surface area contributed by atoms with E-state index in [2.05, 4.69) is 198 Å². The van der Waals surface area contributed by atoms with E-state index in [-0.39, 0.29) is 5.82 Å². The molecule has 3 nitrogen and oxygen atoms in total. The van der Waals surface area contributed by atoms with Gasteiger partial charge in [-0.05, 0) is 145 Å². The Morgan fingerprint density at radius 3 is 1.78 bits per heavy atom. The topological polar surface area (TPSA) is 21.3 Å². The second-order valence-corrected chi connectivity index (χ2v) is 18.8. The molecule has 0 saturated heterocycles. The molecule has 69 heavy (non-hydrogen) atoms. The first-order valence-corrected chi connectivity index (χ1v) is 23.7. The van der Waals surface area contributed by atoms with Gasteiger partial charge in [-0.15, -0.1) is 0 Å². The van der Waals surface area contributed by atoms with Crippen molar-refractivity contribution in [3.05, 3.63) is 253 Å². The van der Waals surface area contributed by atoms with Crippen LogP contribution in [0.3, 0.4) is 0 Å². The molecule has 16 rings (SSSR count). The van der Waals surface area contributed by atoms with Crippen LogP contribution < -0.4 is 4.90 Å². The number of furan rings is 1. The maximum atomic E-state index is 14.8. The number of anilines is 3. The van der Waals surface area contributed by atoms with Crippen LogP contribution in [0.2, 0.25) is 0 Å². The molecule has 3 aliphatic carbocycles. The van der Waals surface area contributed by atoms with Crippen LogP contribution >= 0.6 is 0 Å². The Morgan fingerprint density at radius 2 is 1.00 bits per heavy atom. The lowest BCUT2D eigenvalue weighted by molar-refractivity contribution is 0.627. The summed E-state index contributed by atoms with van der Waals surface area (Å²) in [5.74, 6) is -0.271. The molecule has 0 atom stereocenters. The molecular formula is C65H37FN2O. The molecule has 4 heteroatoms. The number of aromatic nitrogens is 1. The minimum absolute atomic E-state index is 0.271. The fourth-order valence-electron chi connectivity index (χ4n) is 12.9. The van der Waals surface area contributed by atoms with Crippen LogP contribution in [0, 0.1) is 5.82 Å². The molecule has 0 N–H and O–H groups in total. The predicted octanol–water partition coefficient (Wildman–Crippen LogP) is 17.4. The quantitative estimate of drug-likeness (QED) is 0.176. The van der Waals surface area contributed by atoms with Crippen LogP contribution in [0.5, 0.6) is 0 Å². The van der Waals surface area contributed by atoms with E-state index in [4.69, 9.17) is 4.42 Å². The van der Waals surface area contributed by atoms with Gasteiger partial charge in [0.05, 0.1) is 22.1 Å². The average Bonchev–Trinajstić information content (AvgIpc) is 4.18. The highest BCUT2D eigenvalue weighted by Crippen LogP contribution is 2.65. The van der Waals surface area contributed by atoms with E-state index in [0.717, 1.165) is 66.5 Å². The molecule has 11 aromatic carbocycles. The maximum Gasteiger partial charge on any atom is 0.136 e. The highest BCUT2D eigenvalue weighted by atomic mass is 19.1. The predicted molar refractivity (Wildman–Crippen MR) is 281 cm³/mol. The zero-order valence-electron chi connectivity index (χ0n) is 37.0. The van der Waals surface area contributed by atoms with Gasteiger partial charge in [-0.25, -0.2) is 4.39 Å². The Morgan fingerprint density at radius 1 is 0.391 bits per heavy atom. The number of para-hydroxylation sites is 1. The maximum absolute atomic E-state index is 14.8. The Balaban J connectivity index is 1.00. The molecule has 3 aliphatic rings. The van der Waals surface area contributed by atoms with E-state index in [1.54, 1.807) is 12.1 Å². The van der Waals surface area contributed by atoms with Crippen LogP contribution in [-0.2, 0) is 5.41 Å². The van der Waals surface area contributed by atoms with E-state index in [1.807, 2.05) is 24.3 Å². The standard InChI is InChI=1S/C65H37FN2O/c66-39-26-28-40(29-27-39)68-59-35-42(31-33-46(59)52-37-62-53(36-60(52)68)47-16-4-8-25-61(47)69-62)67(41-30-32-43-48-18-9-12-38-13-10-19-49(63(38)48)51(43)34-41)58-24-11-23-57-64(58)50-17-3-7-22-56(50)65(57)54-20-5-1-14-44(54)45-15-2-6-21-55(45)65/h1-37H. The molecule has 0 radical (unpaired) electrons. The highest BCUT2D eigenvalue weighted by molar-refractivity contribution is 6.19. The van der Waals surface area contributed by atoms with Crippen molar-refractivity contribution < 1.29 is 8.81 Å². The smallest absolute Gasteiger partial charge is 0.136 e. The molecule has 0 bridgehead atoms. The summed E-state index contributed by atoms with van der Waals surface area (Å²) in [6.07, 6.45) is 0. The molecular weight excluding hydrogens is 844 g/mol. The lowest BCUT2D eigenvalue weighted by atomic mass is 9.70. The molecule has 2 aromatic heterocycles. The molecule has 1 spiro atoms. The van der Waals surface area contributed by atoms with Crippen LogP contribution in [0.1, 0.15) is 22.3 Å². The van der Waals surface area contributed by atoms with Gasteiger partial charge < -0.3 is 13.9 Å². The van der Waals surface area contributed by atoms with Crippen molar-refractivity contribution >= 4 is 71.6 Å². The first-order valence-electron chi connectivity index (χ1n) is 23.7. The van der Waals surface area contributed by atoms with Crippen LogP contribution in [0.15, 0.2) is 229 Å². The van der Waals surface area contributed by atoms with Gasteiger partial charge in [0.2, 0.25) is 0 Å². The third kappa shape index (κ3) is 4.75. The van der Waals surface area contributed by atoms with E-state index in [9.17, 15) is 4.39 Å². The van der Waals surface area contributed by atoms with Gasteiger partial charge in [0.1, 0.15) is 17.0 Å². The van der Waals surface area contributed by atoms with E-state index < -0.39 is 5.41 Å². The number of halogens is 1. The fourth-order valence-corrected chi connectivity index (χ4v) is 12.9. The summed E-state index contributed by atoms with van der Waals surface area (Å²) in [6.45, 7) is 0. The summed E-state index contributed by atoms with van der Waals surface area (Å²) in [5, 5.41) is 6.81. The molecule has 2 heterocycles. The average molecular weight is 881 g/mol. The van der Waals surface area contributed by atoms with E-state index >= 15 is 0 Å². The summed E-state index contributed by atoms with van der Waals surface area (Å²) in [4.78, 5) is 2.48. The lowest BCUT2D eigenvalue weighted by Gasteiger charge is -2.32. The monoisotopic (exact) mass is 880 g/mol. The summed E-state index contributed by atoms with van der Waals surface area (Å²) >= 11 is 0. The zero-order chi connectivity index (χ0) is 45.1. The minimum atomic E-state index is -0.504. The van der Waals surface area contributed by atoms with Crippen molar-refractivity contribution in [1.29, 1.82) is 0 Å². The molecule has 13 aromatic rings. The van der Waals surface area contributed by atoms with Gasteiger partial charge in [-0.3, -0.25) is 0 Å². The van der Waals surface area contributed by atoms with E-state index in [0.29, 0.717) is 0 Å². The van der Waals surface area contributed by atoms with Crippen molar-refractivity contribution in [1.82, 2.24) is 4.57 Å². The van der Waals surface area contributed by atoms with Gasteiger partial charge in [0, 0.05) is 44.2 Å². The number of benzene rings is 11. The van der Waals surface area contributed by atoms with Crippen LogP contribution in [-0.4, -0.2) is 4.57 Å². The fraction of sp³-hybridized carbons (Fsp3) is 0.0154. The Kier molecular flexibility index (Phi) is 7.18. The van der Waals surface area contributed by atoms with Crippen molar-refractivity contribution in [2.75, 3.05) is 4.90 Å². The summed E-state index contributed by atoms with van der Waals surface area (Å²) in [5.41, 5.74) is 22.5. The third-order valence-corrected chi connectivity index (χ3v) is 15.6. The van der Waals surface area contributed by atoms with Crippen LogP contribution in [0.4, 0.5) is 21.5 Å². The Hall–Kier alpha value is -8.99. The molecule has 0 fully saturated rings. The first-order chi connectivity index (χ1) is 34.1. The van der Waals surface area contributed by atoms with Gasteiger partial charge >= 0.3 is 0 Å². The first kappa shape index (κ1) is 37.1. The number of fused-ring (bicyclic) bond motifs is 19. The van der Waals surface area contributed by atoms with Gasteiger partial charge in [-0.2, -0.15) is 0 Å². The second kappa shape index (κ2) is 13.3.